The Morgan fingerprint density at radius 1 is 1.36 bits per heavy atom. The van der Waals surface area contributed by atoms with Crippen molar-refractivity contribution in [2.24, 2.45) is 0 Å². The topological polar surface area (TPSA) is 89.1 Å². The third kappa shape index (κ3) is 3.33. The van der Waals surface area contributed by atoms with Gasteiger partial charge in [-0.1, -0.05) is 11.8 Å². The molecule has 0 fully saturated rings. The predicted molar refractivity (Wildman–Crippen MR) is 82.5 cm³/mol. The van der Waals surface area contributed by atoms with Gasteiger partial charge in [0.1, 0.15) is 19.0 Å². The van der Waals surface area contributed by atoms with Gasteiger partial charge in [0.15, 0.2) is 11.5 Å². The molecular weight excluding hydrogens is 304 g/mol. The molecule has 1 aromatic carbocycles. The quantitative estimate of drug-likeness (QED) is 0.838. The molecule has 0 unspecified atom stereocenters. The van der Waals surface area contributed by atoms with Crippen LogP contribution in [0.3, 0.4) is 0 Å². The first kappa shape index (κ1) is 14.7. The van der Waals surface area contributed by atoms with Crippen molar-refractivity contribution in [3.63, 3.8) is 0 Å². The first-order valence-electron chi connectivity index (χ1n) is 6.88. The largest absolute Gasteiger partial charge is 0.486 e. The predicted octanol–water partition coefficient (Wildman–Crippen LogP) is 2.00. The van der Waals surface area contributed by atoms with E-state index < -0.39 is 0 Å². The second-order valence-corrected chi connectivity index (χ2v) is 6.12. The van der Waals surface area contributed by atoms with E-state index in [1.54, 1.807) is 18.2 Å². The molecule has 0 bridgehead atoms. The molecule has 1 aromatic heterocycles. The number of carbonyl (C=O) groups is 1. The number of fused-ring (bicyclic) bond motifs is 1. The van der Waals surface area contributed by atoms with Gasteiger partial charge in [0.2, 0.25) is 11.1 Å². The standard InChI is InChI=1S/C14H16N4O3S/c1-8(22-14-15-9(2)17-18-14)13(19)16-10-3-4-11-12(7-10)21-6-5-20-11/h3-4,7-8H,5-6H2,1-2H3,(H,16,19)(H,15,17,18)/t8-/m1/s1. The zero-order chi connectivity index (χ0) is 15.5. The fraction of sp³-hybridized carbons (Fsp3) is 0.357. The molecule has 0 aliphatic carbocycles. The first-order valence-corrected chi connectivity index (χ1v) is 7.76. The third-order valence-corrected chi connectivity index (χ3v) is 4.00. The van der Waals surface area contributed by atoms with E-state index in [4.69, 9.17) is 9.47 Å². The average molecular weight is 320 g/mol. The van der Waals surface area contributed by atoms with E-state index in [1.165, 1.54) is 11.8 Å². The van der Waals surface area contributed by atoms with Gasteiger partial charge in [-0.2, -0.15) is 0 Å². The molecule has 2 aromatic rings. The highest BCUT2D eigenvalue weighted by atomic mass is 32.2. The lowest BCUT2D eigenvalue weighted by atomic mass is 10.2. The highest BCUT2D eigenvalue weighted by Crippen LogP contribution is 2.32. The second kappa shape index (κ2) is 6.27. The minimum Gasteiger partial charge on any atom is -0.486 e. The monoisotopic (exact) mass is 320 g/mol. The number of ether oxygens (including phenoxy) is 2. The van der Waals surface area contributed by atoms with E-state index in [1.807, 2.05) is 13.8 Å². The lowest BCUT2D eigenvalue weighted by Gasteiger charge is -2.19. The molecule has 2 N–H and O–H groups in total. The van der Waals surface area contributed by atoms with Crippen molar-refractivity contribution in [2.75, 3.05) is 18.5 Å². The maximum atomic E-state index is 12.2. The van der Waals surface area contributed by atoms with Crippen LogP contribution in [-0.4, -0.2) is 39.6 Å². The Kier molecular flexibility index (Phi) is 4.19. The lowest BCUT2D eigenvalue weighted by molar-refractivity contribution is -0.115. The smallest absolute Gasteiger partial charge is 0.237 e. The molecule has 1 aliphatic heterocycles. The Balaban J connectivity index is 1.63. The van der Waals surface area contributed by atoms with Crippen molar-refractivity contribution in [1.29, 1.82) is 0 Å². The van der Waals surface area contributed by atoms with Gasteiger partial charge in [-0.15, -0.1) is 5.10 Å². The number of thioether (sulfide) groups is 1. The van der Waals surface area contributed by atoms with Gasteiger partial charge in [-0.25, -0.2) is 4.98 Å². The number of aromatic amines is 1. The number of amides is 1. The van der Waals surface area contributed by atoms with Crippen molar-refractivity contribution in [2.45, 2.75) is 24.3 Å². The summed E-state index contributed by atoms with van der Waals surface area (Å²) in [5.74, 6) is 1.95. The van der Waals surface area contributed by atoms with Crippen LogP contribution in [0.5, 0.6) is 11.5 Å². The number of rotatable bonds is 4. The minimum absolute atomic E-state index is 0.121. The molecule has 0 saturated heterocycles. The molecule has 0 saturated carbocycles. The number of hydrogen-bond acceptors (Lipinski definition) is 6. The van der Waals surface area contributed by atoms with Crippen LogP contribution in [0.25, 0.3) is 0 Å². The number of benzene rings is 1. The summed E-state index contributed by atoms with van der Waals surface area (Å²) >= 11 is 1.30. The highest BCUT2D eigenvalue weighted by Gasteiger charge is 2.18. The van der Waals surface area contributed by atoms with Crippen LogP contribution in [0, 0.1) is 6.92 Å². The molecule has 0 radical (unpaired) electrons. The van der Waals surface area contributed by atoms with Gasteiger partial charge in [0, 0.05) is 11.8 Å². The van der Waals surface area contributed by atoms with E-state index >= 15 is 0 Å². The third-order valence-electron chi connectivity index (χ3n) is 3.04. The van der Waals surface area contributed by atoms with E-state index in [0.29, 0.717) is 35.6 Å². The maximum absolute atomic E-state index is 12.2. The van der Waals surface area contributed by atoms with Gasteiger partial charge in [-0.05, 0) is 26.0 Å². The van der Waals surface area contributed by atoms with Crippen LogP contribution >= 0.6 is 11.8 Å². The number of aryl methyl sites for hydroxylation is 1. The Hall–Kier alpha value is -2.22. The van der Waals surface area contributed by atoms with Crippen LogP contribution in [0.15, 0.2) is 23.4 Å². The second-order valence-electron chi connectivity index (χ2n) is 4.81. The number of nitrogens with one attached hydrogen (secondary N) is 2. The molecule has 0 spiro atoms. The highest BCUT2D eigenvalue weighted by molar-refractivity contribution is 8.00. The van der Waals surface area contributed by atoms with E-state index in [-0.39, 0.29) is 11.2 Å². The summed E-state index contributed by atoms with van der Waals surface area (Å²) in [6.45, 7) is 4.68. The molecule has 2 heterocycles. The van der Waals surface area contributed by atoms with Gasteiger partial charge in [0.05, 0.1) is 5.25 Å². The number of anilines is 1. The SMILES string of the molecule is Cc1nc(S[C@H](C)C(=O)Nc2ccc3c(c2)OCCO3)n[nH]1. The maximum Gasteiger partial charge on any atom is 0.237 e. The van der Waals surface area contributed by atoms with Crippen molar-refractivity contribution >= 4 is 23.4 Å². The molecule has 116 valence electrons. The van der Waals surface area contributed by atoms with Crippen molar-refractivity contribution in [1.82, 2.24) is 15.2 Å². The minimum atomic E-state index is -0.316. The number of H-pyrrole nitrogens is 1. The number of aromatic nitrogens is 3. The van der Waals surface area contributed by atoms with Gasteiger partial charge < -0.3 is 14.8 Å². The summed E-state index contributed by atoms with van der Waals surface area (Å²) in [6.07, 6.45) is 0. The van der Waals surface area contributed by atoms with Crippen LogP contribution in [0.1, 0.15) is 12.7 Å². The molecule has 22 heavy (non-hydrogen) atoms. The summed E-state index contributed by atoms with van der Waals surface area (Å²) in [5, 5.41) is 9.87. The van der Waals surface area contributed by atoms with Crippen LogP contribution in [0.2, 0.25) is 0 Å². The zero-order valence-electron chi connectivity index (χ0n) is 12.3. The molecule has 7 nitrogen and oxygen atoms in total. The average Bonchev–Trinajstić information content (AvgIpc) is 2.92. The molecule has 1 amide bonds. The summed E-state index contributed by atoms with van der Waals surface area (Å²) < 4.78 is 10.9. The zero-order valence-corrected chi connectivity index (χ0v) is 13.1. The Labute approximate surface area is 131 Å². The summed E-state index contributed by atoms with van der Waals surface area (Å²) in [5.41, 5.74) is 0.674. The van der Waals surface area contributed by atoms with Gasteiger partial charge >= 0.3 is 0 Å². The van der Waals surface area contributed by atoms with Crippen molar-refractivity contribution in [3.05, 3.63) is 24.0 Å². The fourth-order valence-corrected chi connectivity index (χ4v) is 2.72. The number of carbonyl (C=O) groups excluding carboxylic acids is 1. The Morgan fingerprint density at radius 3 is 2.86 bits per heavy atom. The summed E-state index contributed by atoms with van der Waals surface area (Å²) in [7, 11) is 0. The van der Waals surface area contributed by atoms with Crippen LogP contribution in [0.4, 0.5) is 5.69 Å². The van der Waals surface area contributed by atoms with E-state index in [0.717, 1.165) is 5.82 Å². The Bertz CT molecular complexity index is 688. The number of hydrogen-bond donors (Lipinski definition) is 2. The van der Waals surface area contributed by atoms with Gasteiger partial charge in [0.25, 0.3) is 0 Å². The van der Waals surface area contributed by atoms with E-state index in [9.17, 15) is 4.79 Å². The summed E-state index contributed by atoms with van der Waals surface area (Å²) in [4.78, 5) is 16.4. The summed E-state index contributed by atoms with van der Waals surface area (Å²) in [6, 6.07) is 5.35. The van der Waals surface area contributed by atoms with Crippen LogP contribution in [-0.2, 0) is 4.79 Å². The first-order chi connectivity index (χ1) is 10.6. The van der Waals surface area contributed by atoms with E-state index in [2.05, 4.69) is 20.5 Å². The number of nitrogens with zero attached hydrogens (tertiary/aromatic N) is 2. The normalized spacial score (nSPS) is 14.5. The van der Waals surface area contributed by atoms with Gasteiger partial charge in [-0.3, -0.25) is 9.89 Å². The molecule has 8 heteroatoms. The fourth-order valence-electron chi connectivity index (χ4n) is 1.95. The molecule has 3 rings (SSSR count). The molecule has 1 aliphatic rings. The molecule has 1 atom stereocenters. The lowest BCUT2D eigenvalue weighted by Crippen LogP contribution is -2.23. The molecular formula is C14H16N4O3S. The van der Waals surface area contributed by atoms with Crippen molar-refractivity contribution in [3.8, 4) is 11.5 Å². The van der Waals surface area contributed by atoms with Crippen LogP contribution < -0.4 is 14.8 Å². The van der Waals surface area contributed by atoms with Crippen molar-refractivity contribution < 1.29 is 14.3 Å². The Morgan fingerprint density at radius 2 is 2.14 bits per heavy atom.